The number of fused-ring (bicyclic) bond motifs is 1. The molecular weight excluding hydrogens is 450 g/mol. The van der Waals surface area contributed by atoms with Crippen molar-refractivity contribution in [1.29, 1.82) is 0 Å². The van der Waals surface area contributed by atoms with Crippen LogP contribution in [-0.2, 0) is 22.4 Å². The molecule has 0 unspecified atom stereocenters. The molecule has 0 fully saturated rings. The maximum Gasteiger partial charge on any atom is 0.237 e. The van der Waals surface area contributed by atoms with E-state index in [-0.39, 0.29) is 18.1 Å². The Balaban J connectivity index is 1.64. The molecular formula is C29H40N5O2+. The van der Waals surface area contributed by atoms with Crippen molar-refractivity contribution in [2.75, 3.05) is 33.7 Å². The van der Waals surface area contributed by atoms with Gasteiger partial charge in [-0.2, -0.15) is 0 Å². The quantitative estimate of drug-likeness (QED) is 0.301. The predicted octanol–water partition coefficient (Wildman–Crippen LogP) is 2.61. The van der Waals surface area contributed by atoms with E-state index in [1.807, 2.05) is 60.7 Å². The zero-order valence-corrected chi connectivity index (χ0v) is 21.5. The van der Waals surface area contributed by atoms with Crippen LogP contribution in [0, 0.1) is 0 Å². The first kappa shape index (κ1) is 27.5. The molecule has 5 N–H and O–H groups in total. The lowest BCUT2D eigenvalue weighted by molar-refractivity contribution is -0.889. The number of quaternary nitrogens is 1. The number of hydrogen-bond acceptors (Lipinski definition) is 5. The van der Waals surface area contributed by atoms with E-state index in [0.29, 0.717) is 25.8 Å². The van der Waals surface area contributed by atoms with E-state index in [1.165, 1.54) is 0 Å². The van der Waals surface area contributed by atoms with Crippen molar-refractivity contribution in [2.24, 2.45) is 11.5 Å². The van der Waals surface area contributed by atoms with E-state index >= 15 is 0 Å². The van der Waals surface area contributed by atoms with Crippen molar-refractivity contribution in [3.8, 4) is 0 Å². The van der Waals surface area contributed by atoms with Gasteiger partial charge in [0, 0.05) is 24.5 Å². The molecule has 3 aromatic rings. The minimum atomic E-state index is -0.655. The topological polar surface area (TPSA) is 111 Å². The van der Waals surface area contributed by atoms with Crippen LogP contribution in [0.5, 0.6) is 0 Å². The van der Waals surface area contributed by atoms with Crippen molar-refractivity contribution < 1.29 is 14.1 Å². The van der Waals surface area contributed by atoms with Crippen LogP contribution < -0.4 is 16.8 Å². The number of pyridine rings is 1. The molecule has 0 aliphatic heterocycles. The number of carbonyl (C=O) groups is 2. The highest BCUT2D eigenvalue weighted by molar-refractivity contribution is 5.92. The number of rotatable bonds is 14. The summed E-state index contributed by atoms with van der Waals surface area (Å²) < 4.78 is 0.794. The number of aryl methyl sites for hydroxylation is 1. The summed E-state index contributed by atoms with van der Waals surface area (Å²) in [7, 11) is 4.25. The number of Topliss-reactive ketones (excluding diaryl/α,β-unsaturated/α-hetero) is 1. The molecule has 0 saturated heterocycles. The van der Waals surface area contributed by atoms with Gasteiger partial charge in [0.15, 0.2) is 5.78 Å². The van der Waals surface area contributed by atoms with Crippen molar-refractivity contribution in [2.45, 2.75) is 44.2 Å². The third-order valence-corrected chi connectivity index (χ3v) is 6.64. The zero-order valence-electron chi connectivity index (χ0n) is 21.5. The fourth-order valence-electron chi connectivity index (χ4n) is 4.42. The number of hydrogen-bond donors (Lipinski definition) is 3. The lowest BCUT2D eigenvalue weighted by Crippen LogP contribution is -2.49. The largest absolute Gasteiger partial charge is 0.345 e. The van der Waals surface area contributed by atoms with E-state index in [4.69, 9.17) is 11.5 Å². The molecule has 2 aromatic carbocycles. The van der Waals surface area contributed by atoms with E-state index in [9.17, 15) is 9.59 Å². The molecule has 7 nitrogen and oxygen atoms in total. The van der Waals surface area contributed by atoms with E-state index in [0.717, 1.165) is 46.0 Å². The second-order valence-corrected chi connectivity index (χ2v) is 10.2. The average molecular weight is 491 g/mol. The number of para-hydroxylation sites is 1. The van der Waals surface area contributed by atoms with Crippen LogP contribution in [0.25, 0.3) is 10.9 Å². The molecule has 1 aromatic heterocycles. The first-order valence-electron chi connectivity index (χ1n) is 12.8. The van der Waals surface area contributed by atoms with E-state index < -0.39 is 12.1 Å². The molecule has 7 heteroatoms. The molecule has 0 spiro atoms. The van der Waals surface area contributed by atoms with Gasteiger partial charge in [0.05, 0.1) is 44.8 Å². The summed E-state index contributed by atoms with van der Waals surface area (Å²) >= 11 is 0. The molecule has 0 saturated carbocycles. The molecule has 0 aliphatic carbocycles. The number of benzene rings is 2. The highest BCUT2D eigenvalue weighted by atomic mass is 16.2. The normalized spacial score (nSPS) is 13.3. The van der Waals surface area contributed by atoms with Crippen LogP contribution >= 0.6 is 0 Å². The molecule has 0 aliphatic rings. The monoisotopic (exact) mass is 490 g/mol. The first-order chi connectivity index (χ1) is 17.3. The van der Waals surface area contributed by atoms with Crippen LogP contribution in [0.1, 0.15) is 30.4 Å². The van der Waals surface area contributed by atoms with Crippen LogP contribution in [0.3, 0.4) is 0 Å². The summed E-state index contributed by atoms with van der Waals surface area (Å²) in [6, 6.07) is 18.5. The second kappa shape index (κ2) is 13.3. The third kappa shape index (κ3) is 8.52. The smallest absolute Gasteiger partial charge is 0.237 e. The Labute approximate surface area is 214 Å². The number of aromatic nitrogens is 1. The lowest BCUT2D eigenvalue weighted by Gasteiger charge is -2.29. The summed E-state index contributed by atoms with van der Waals surface area (Å²) in [5.74, 6) is -0.313. The predicted molar refractivity (Wildman–Crippen MR) is 145 cm³/mol. The van der Waals surface area contributed by atoms with Gasteiger partial charge in [-0.3, -0.25) is 14.6 Å². The van der Waals surface area contributed by atoms with E-state index in [1.54, 1.807) is 6.20 Å². The fourth-order valence-corrected chi connectivity index (χ4v) is 4.42. The molecule has 2 atom stereocenters. The number of nitrogens with one attached hydrogen (secondary N) is 1. The number of nitrogens with two attached hydrogens (primary N) is 2. The lowest BCUT2D eigenvalue weighted by atomic mass is 9.97. The second-order valence-electron chi connectivity index (χ2n) is 10.2. The first-order valence-corrected chi connectivity index (χ1v) is 12.8. The van der Waals surface area contributed by atoms with Crippen LogP contribution in [-0.4, -0.2) is 67.0 Å². The average Bonchev–Trinajstić information content (AvgIpc) is 2.86. The summed E-state index contributed by atoms with van der Waals surface area (Å²) in [6.45, 7) is 2.39. The number of nitrogens with zero attached hydrogens (tertiary/aromatic N) is 2. The van der Waals surface area contributed by atoms with Gasteiger partial charge in [0.1, 0.15) is 0 Å². The standard InChI is InChI=1S/C29H39N5O2/c1-34(2,18-16-30)17-8-12-25(31)29(36)33-27(15-14-22-9-4-3-5-10-22)28(35)20-23-19-24-11-6-7-13-26(24)32-21-23/h3-7,9-11,13,19,21,25,27H,8,12,14-18,20,30-31H2,1-2H3/p+1/t25-,27-/m1/s1. The SMILES string of the molecule is C[N+](C)(CCN)CCC[C@@H](N)C(=O)N[C@H](CCc1ccccc1)C(=O)Cc1cnc2ccccc2c1. The van der Waals surface area contributed by atoms with Gasteiger partial charge in [-0.25, -0.2) is 0 Å². The minimum Gasteiger partial charge on any atom is -0.345 e. The molecule has 36 heavy (non-hydrogen) atoms. The summed E-state index contributed by atoms with van der Waals surface area (Å²) in [5, 5.41) is 3.95. The number of amides is 1. The Bertz CT molecular complexity index is 1130. The van der Waals surface area contributed by atoms with Gasteiger partial charge in [-0.05, 0) is 48.9 Å². The van der Waals surface area contributed by atoms with Gasteiger partial charge < -0.3 is 21.3 Å². The van der Waals surface area contributed by atoms with E-state index in [2.05, 4.69) is 24.4 Å². The third-order valence-electron chi connectivity index (χ3n) is 6.64. The van der Waals surface area contributed by atoms with Gasteiger partial charge >= 0.3 is 0 Å². The maximum absolute atomic E-state index is 13.3. The summed E-state index contributed by atoms with van der Waals surface area (Å²) in [6.07, 6.45) is 4.52. The van der Waals surface area contributed by atoms with Gasteiger partial charge in [0.25, 0.3) is 0 Å². The molecule has 0 bridgehead atoms. The van der Waals surface area contributed by atoms with Crippen molar-refractivity contribution in [1.82, 2.24) is 10.3 Å². The molecule has 1 heterocycles. The van der Waals surface area contributed by atoms with Gasteiger partial charge in [-0.1, -0.05) is 48.5 Å². The summed E-state index contributed by atoms with van der Waals surface area (Å²) in [4.78, 5) is 30.8. The Kier molecular flexibility index (Phi) is 10.1. The van der Waals surface area contributed by atoms with Crippen molar-refractivity contribution in [3.63, 3.8) is 0 Å². The van der Waals surface area contributed by atoms with Crippen molar-refractivity contribution >= 4 is 22.6 Å². The molecule has 3 rings (SSSR count). The Morgan fingerprint density at radius 1 is 0.972 bits per heavy atom. The highest BCUT2D eigenvalue weighted by Crippen LogP contribution is 2.15. The van der Waals surface area contributed by atoms with Gasteiger partial charge in [0.2, 0.25) is 5.91 Å². The number of likely N-dealkylation sites (N-methyl/N-ethyl adjacent to an activating group) is 1. The van der Waals surface area contributed by atoms with Crippen LogP contribution in [0.4, 0.5) is 0 Å². The molecule has 1 amide bonds. The maximum atomic E-state index is 13.3. The number of ketones is 1. The summed E-state index contributed by atoms with van der Waals surface area (Å²) in [5.41, 5.74) is 14.8. The van der Waals surface area contributed by atoms with Crippen LogP contribution in [0.15, 0.2) is 66.9 Å². The fraction of sp³-hybridized carbons (Fsp3) is 0.414. The molecule has 192 valence electrons. The molecule has 0 radical (unpaired) electrons. The van der Waals surface area contributed by atoms with Crippen LogP contribution in [0.2, 0.25) is 0 Å². The Morgan fingerprint density at radius 2 is 1.69 bits per heavy atom. The number of carbonyl (C=O) groups excluding carboxylic acids is 2. The highest BCUT2D eigenvalue weighted by Gasteiger charge is 2.24. The van der Waals surface area contributed by atoms with Gasteiger partial charge in [-0.15, -0.1) is 0 Å². The Hall–Kier alpha value is -3.13. The minimum absolute atomic E-state index is 0.0377. The Morgan fingerprint density at radius 3 is 2.44 bits per heavy atom. The zero-order chi connectivity index (χ0) is 26.0. The van der Waals surface area contributed by atoms with Crippen molar-refractivity contribution in [3.05, 3.63) is 78.0 Å².